The molecule has 0 N–H and O–H groups in total. The van der Waals surface area contributed by atoms with E-state index in [2.05, 4.69) is 6.07 Å². The smallest absolute Gasteiger partial charge is 0.119 e. The molecule has 1 nitrogen and oxygen atoms in total. The highest BCUT2D eigenvalue weighted by Crippen LogP contribution is 2.48. The molecule has 2 unspecified atom stereocenters. The summed E-state index contributed by atoms with van der Waals surface area (Å²) in [7, 11) is 1.66. The van der Waals surface area contributed by atoms with E-state index in [1.54, 1.807) is 7.11 Å². The predicted octanol–water partition coefficient (Wildman–Crippen LogP) is 5.82. The Morgan fingerprint density at radius 3 is 2.50 bits per heavy atom. The molecule has 0 heterocycles. The number of ether oxygens (including phenoxy) is 1. The lowest BCUT2D eigenvalue weighted by atomic mass is 9.93. The third-order valence-electron chi connectivity index (χ3n) is 3.80. The molecule has 2 aromatic carbocycles. The second kappa shape index (κ2) is 5.48. The molecule has 0 amide bonds. The number of rotatable bonds is 2. The predicted molar refractivity (Wildman–Crippen MR) is 84.5 cm³/mol. The van der Waals surface area contributed by atoms with Gasteiger partial charge in [-0.05, 0) is 47.4 Å². The number of benzene rings is 2. The molecule has 2 atom stereocenters. The van der Waals surface area contributed by atoms with Crippen LogP contribution in [-0.4, -0.2) is 7.11 Å². The van der Waals surface area contributed by atoms with Crippen molar-refractivity contribution in [2.24, 2.45) is 0 Å². The van der Waals surface area contributed by atoms with E-state index in [9.17, 15) is 0 Å². The van der Waals surface area contributed by atoms with Crippen molar-refractivity contribution in [2.75, 3.05) is 7.11 Å². The molecule has 0 radical (unpaired) electrons. The van der Waals surface area contributed by atoms with Gasteiger partial charge in [0, 0.05) is 5.92 Å². The van der Waals surface area contributed by atoms with Crippen LogP contribution in [0.25, 0.3) is 0 Å². The topological polar surface area (TPSA) is 9.23 Å². The number of hydrogen-bond acceptors (Lipinski definition) is 1. The average molecular weight is 328 g/mol. The SMILES string of the molecule is COc1ccc2c(c1)C(Cl)CC2c1ccc(Cl)c(Cl)c1. The zero-order valence-electron chi connectivity index (χ0n) is 10.9. The molecular weight excluding hydrogens is 315 g/mol. The van der Waals surface area contributed by atoms with Crippen molar-refractivity contribution < 1.29 is 4.74 Å². The van der Waals surface area contributed by atoms with Gasteiger partial charge in [-0.1, -0.05) is 35.3 Å². The summed E-state index contributed by atoms with van der Waals surface area (Å²) in [6, 6.07) is 11.9. The standard InChI is InChI=1S/C16H13Cl3O/c1-20-10-3-4-11-12(8-15(18)13(11)7-10)9-2-5-14(17)16(19)6-9/h2-7,12,15H,8H2,1H3. The molecule has 3 rings (SSSR count). The molecule has 104 valence electrons. The van der Waals surface area contributed by atoms with Gasteiger partial charge in [0.2, 0.25) is 0 Å². The van der Waals surface area contributed by atoms with Crippen LogP contribution in [-0.2, 0) is 0 Å². The van der Waals surface area contributed by atoms with Gasteiger partial charge >= 0.3 is 0 Å². The maximum Gasteiger partial charge on any atom is 0.119 e. The largest absolute Gasteiger partial charge is 0.497 e. The summed E-state index contributed by atoms with van der Waals surface area (Å²) in [5.41, 5.74) is 3.53. The minimum Gasteiger partial charge on any atom is -0.497 e. The molecule has 0 spiro atoms. The quantitative estimate of drug-likeness (QED) is 0.632. The third kappa shape index (κ3) is 2.39. The van der Waals surface area contributed by atoms with Crippen molar-refractivity contribution in [3.05, 3.63) is 63.1 Å². The van der Waals surface area contributed by atoms with Gasteiger partial charge in [-0.3, -0.25) is 0 Å². The van der Waals surface area contributed by atoms with Crippen LogP contribution in [0.3, 0.4) is 0 Å². The summed E-state index contributed by atoms with van der Waals surface area (Å²) >= 11 is 18.6. The van der Waals surface area contributed by atoms with Crippen LogP contribution in [0.2, 0.25) is 10.0 Å². The van der Waals surface area contributed by atoms with Crippen molar-refractivity contribution in [3.8, 4) is 5.75 Å². The summed E-state index contributed by atoms with van der Waals surface area (Å²) in [5, 5.41) is 1.16. The van der Waals surface area contributed by atoms with Crippen LogP contribution in [0.1, 0.15) is 34.4 Å². The molecule has 20 heavy (non-hydrogen) atoms. The number of methoxy groups -OCH3 is 1. The van der Waals surface area contributed by atoms with E-state index < -0.39 is 0 Å². The van der Waals surface area contributed by atoms with Crippen LogP contribution >= 0.6 is 34.8 Å². The molecular formula is C16H13Cl3O. The molecule has 0 aliphatic heterocycles. The number of fused-ring (bicyclic) bond motifs is 1. The minimum atomic E-state index is -0.000413. The van der Waals surface area contributed by atoms with E-state index in [1.165, 1.54) is 5.56 Å². The van der Waals surface area contributed by atoms with Gasteiger partial charge in [0.15, 0.2) is 0 Å². The van der Waals surface area contributed by atoms with Crippen molar-refractivity contribution >= 4 is 34.8 Å². The Balaban J connectivity index is 2.04. The highest BCUT2D eigenvalue weighted by Gasteiger charge is 2.31. The normalized spacial score (nSPS) is 20.8. The van der Waals surface area contributed by atoms with Crippen LogP contribution in [0.4, 0.5) is 0 Å². The first-order valence-electron chi connectivity index (χ1n) is 6.37. The van der Waals surface area contributed by atoms with Crippen LogP contribution < -0.4 is 4.74 Å². The number of hydrogen-bond donors (Lipinski definition) is 0. The Kier molecular flexibility index (Phi) is 3.85. The van der Waals surface area contributed by atoms with Gasteiger partial charge in [-0.15, -0.1) is 11.6 Å². The van der Waals surface area contributed by atoms with Gasteiger partial charge < -0.3 is 4.74 Å². The van der Waals surface area contributed by atoms with Crippen molar-refractivity contribution in [1.82, 2.24) is 0 Å². The summed E-state index contributed by atoms with van der Waals surface area (Å²) < 4.78 is 5.27. The Morgan fingerprint density at radius 2 is 1.80 bits per heavy atom. The van der Waals surface area contributed by atoms with E-state index in [4.69, 9.17) is 39.5 Å². The van der Waals surface area contributed by atoms with Gasteiger partial charge in [0.05, 0.1) is 22.5 Å². The first kappa shape index (κ1) is 14.1. The highest BCUT2D eigenvalue weighted by atomic mass is 35.5. The summed E-state index contributed by atoms with van der Waals surface area (Å²) in [6.45, 7) is 0. The molecule has 0 saturated carbocycles. The molecule has 0 bridgehead atoms. The third-order valence-corrected chi connectivity index (χ3v) is 4.95. The Labute approximate surface area is 133 Å². The van der Waals surface area contributed by atoms with E-state index in [-0.39, 0.29) is 11.3 Å². The van der Waals surface area contributed by atoms with Gasteiger partial charge in [0.25, 0.3) is 0 Å². The van der Waals surface area contributed by atoms with Gasteiger partial charge in [0.1, 0.15) is 5.75 Å². The van der Waals surface area contributed by atoms with Crippen molar-refractivity contribution in [3.63, 3.8) is 0 Å². The van der Waals surface area contributed by atoms with Crippen LogP contribution in [0.5, 0.6) is 5.75 Å². The van der Waals surface area contributed by atoms with Crippen LogP contribution in [0.15, 0.2) is 36.4 Å². The maximum absolute atomic E-state index is 6.47. The fraction of sp³-hybridized carbons (Fsp3) is 0.250. The molecule has 0 fully saturated rings. The molecule has 2 aromatic rings. The van der Waals surface area contributed by atoms with E-state index in [0.717, 1.165) is 23.3 Å². The average Bonchev–Trinajstić information content (AvgIpc) is 2.79. The van der Waals surface area contributed by atoms with Gasteiger partial charge in [-0.25, -0.2) is 0 Å². The van der Waals surface area contributed by atoms with Gasteiger partial charge in [-0.2, -0.15) is 0 Å². The summed E-state index contributed by atoms with van der Waals surface area (Å²) in [4.78, 5) is 0. The molecule has 1 aliphatic carbocycles. The second-order valence-electron chi connectivity index (χ2n) is 4.92. The first-order valence-corrected chi connectivity index (χ1v) is 7.56. The Hall–Kier alpha value is -0.890. The van der Waals surface area contributed by atoms with Crippen LogP contribution in [0, 0.1) is 0 Å². The fourth-order valence-electron chi connectivity index (χ4n) is 2.77. The lowest BCUT2D eigenvalue weighted by molar-refractivity contribution is 0.414. The summed E-state index contributed by atoms with van der Waals surface area (Å²) in [5.74, 6) is 1.09. The monoisotopic (exact) mass is 326 g/mol. The highest BCUT2D eigenvalue weighted by molar-refractivity contribution is 6.42. The zero-order chi connectivity index (χ0) is 14.3. The number of alkyl halides is 1. The molecule has 4 heteroatoms. The first-order chi connectivity index (χ1) is 9.60. The summed E-state index contributed by atoms with van der Waals surface area (Å²) in [6.07, 6.45) is 0.863. The number of halogens is 3. The van der Waals surface area contributed by atoms with Crippen molar-refractivity contribution in [1.29, 1.82) is 0 Å². The minimum absolute atomic E-state index is 0.000413. The Morgan fingerprint density at radius 1 is 1.00 bits per heavy atom. The van der Waals surface area contributed by atoms with E-state index in [1.807, 2.05) is 30.3 Å². The van der Waals surface area contributed by atoms with Crippen molar-refractivity contribution in [2.45, 2.75) is 17.7 Å². The molecule has 1 aliphatic rings. The lowest BCUT2D eigenvalue weighted by Gasteiger charge is -2.13. The lowest BCUT2D eigenvalue weighted by Crippen LogP contribution is -1.96. The van der Waals surface area contributed by atoms with E-state index in [0.29, 0.717) is 10.0 Å². The maximum atomic E-state index is 6.47. The molecule has 0 saturated heterocycles. The molecule has 0 aromatic heterocycles. The Bertz CT molecular complexity index is 654. The van der Waals surface area contributed by atoms with E-state index >= 15 is 0 Å². The fourth-order valence-corrected chi connectivity index (χ4v) is 3.45. The zero-order valence-corrected chi connectivity index (χ0v) is 13.1. The second-order valence-corrected chi connectivity index (χ2v) is 6.27.